The van der Waals surface area contributed by atoms with Crippen LogP contribution in [0.2, 0.25) is 0 Å². The van der Waals surface area contributed by atoms with Gasteiger partial charge in [0.25, 0.3) is 0 Å². The molecule has 1 N–H and O–H groups in total. The van der Waals surface area contributed by atoms with E-state index >= 15 is 0 Å². The molecule has 13 heavy (non-hydrogen) atoms. The van der Waals surface area contributed by atoms with Crippen LogP contribution in [0.15, 0.2) is 0 Å². The zero-order chi connectivity index (χ0) is 9.52. The Hall–Kier alpha value is 0.0700. The average Bonchev–Trinajstić information content (AvgIpc) is 2.14. The van der Waals surface area contributed by atoms with Gasteiger partial charge in [-0.05, 0) is 18.8 Å². The minimum Gasteiger partial charge on any atom is -0.284 e. The van der Waals surface area contributed by atoms with E-state index in [1.54, 1.807) is 0 Å². The van der Waals surface area contributed by atoms with E-state index in [-0.39, 0.29) is 0 Å². The Morgan fingerprint density at radius 1 is 1.31 bits per heavy atom. The summed E-state index contributed by atoms with van der Waals surface area (Å²) in [6, 6.07) is 0. The molecule has 0 bridgehead atoms. The van der Waals surface area contributed by atoms with Crippen molar-refractivity contribution >= 4 is 11.4 Å². The lowest BCUT2D eigenvalue weighted by Gasteiger charge is -2.20. The largest absolute Gasteiger partial charge is 0.301 e. The van der Waals surface area contributed by atoms with Gasteiger partial charge in [-0.3, -0.25) is 8.74 Å². The Balaban J connectivity index is 1.95. The van der Waals surface area contributed by atoms with Crippen LogP contribution in [0, 0.1) is 5.92 Å². The summed E-state index contributed by atoms with van der Waals surface area (Å²) in [5.74, 6) is 0.837. The maximum atomic E-state index is 10.1. The third kappa shape index (κ3) is 5.39. The van der Waals surface area contributed by atoms with Gasteiger partial charge in [-0.1, -0.05) is 32.1 Å². The van der Waals surface area contributed by atoms with Crippen molar-refractivity contribution in [2.75, 3.05) is 6.61 Å². The Morgan fingerprint density at radius 3 is 2.62 bits per heavy atom. The first-order valence-corrected chi connectivity index (χ1v) is 6.06. The number of hydrogen-bond acceptors (Lipinski definition) is 2. The summed E-state index contributed by atoms with van der Waals surface area (Å²) >= 11 is -2.07. The summed E-state index contributed by atoms with van der Waals surface area (Å²) in [4.78, 5) is 0. The molecule has 1 unspecified atom stereocenters. The van der Waals surface area contributed by atoms with Gasteiger partial charge in [0.1, 0.15) is 0 Å². The molecule has 1 aliphatic carbocycles. The van der Waals surface area contributed by atoms with Crippen molar-refractivity contribution in [2.45, 2.75) is 44.9 Å². The van der Waals surface area contributed by atoms with Crippen LogP contribution in [0.25, 0.3) is 0 Å². The fraction of sp³-hybridized carbons (Fsp3) is 1.00. The minimum atomic E-state index is -2.07. The zero-order valence-corrected chi connectivity index (χ0v) is 8.72. The van der Waals surface area contributed by atoms with Crippen molar-refractivity contribution in [1.82, 2.24) is 0 Å². The lowest BCUT2D eigenvalue weighted by Crippen LogP contribution is -2.07. The normalized spacial score (nSPS) is 21.6. The summed E-state index contributed by atoms with van der Waals surface area (Å²) < 4.78 is 23.0. The van der Waals surface area contributed by atoms with Crippen LogP contribution in [0.5, 0.6) is 0 Å². The van der Waals surface area contributed by atoms with Gasteiger partial charge in [-0.25, -0.2) is 0 Å². The third-order valence-electron chi connectivity index (χ3n) is 2.67. The summed E-state index contributed by atoms with van der Waals surface area (Å²) in [5.41, 5.74) is 0. The van der Waals surface area contributed by atoms with Crippen LogP contribution in [0.1, 0.15) is 44.9 Å². The molecule has 3 nitrogen and oxygen atoms in total. The number of rotatable bonds is 5. The van der Waals surface area contributed by atoms with E-state index in [9.17, 15) is 4.21 Å². The first kappa shape index (κ1) is 11.1. The monoisotopic (exact) mass is 206 g/mol. The molecule has 1 rings (SSSR count). The molecule has 0 aliphatic heterocycles. The maximum absolute atomic E-state index is 10.1. The van der Waals surface area contributed by atoms with Crippen molar-refractivity contribution in [2.24, 2.45) is 5.92 Å². The molecule has 1 fully saturated rings. The molecule has 0 aromatic heterocycles. The quantitative estimate of drug-likeness (QED) is 0.555. The van der Waals surface area contributed by atoms with Crippen LogP contribution in [-0.4, -0.2) is 15.4 Å². The van der Waals surface area contributed by atoms with Crippen LogP contribution in [0.4, 0.5) is 0 Å². The van der Waals surface area contributed by atoms with E-state index in [4.69, 9.17) is 4.55 Å². The zero-order valence-electron chi connectivity index (χ0n) is 7.91. The van der Waals surface area contributed by atoms with Crippen molar-refractivity contribution in [3.8, 4) is 0 Å². The highest BCUT2D eigenvalue weighted by Gasteiger charge is 2.12. The van der Waals surface area contributed by atoms with E-state index in [2.05, 4.69) is 4.18 Å². The van der Waals surface area contributed by atoms with E-state index in [1.165, 1.54) is 32.1 Å². The van der Waals surface area contributed by atoms with Gasteiger partial charge in [0, 0.05) is 0 Å². The highest BCUT2D eigenvalue weighted by atomic mass is 32.2. The Morgan fingerprint density at radius 2 is 2.00 bits per heavy atom. The van der Waals surface area contributed by atoms with Crippen LogP contribution in [0.3, 0.4) is 0 Å². The first-order chi connectivity index (χ1) is 6.29. The fourth-order valence-corrected chi connectivity index (χ4v) is 2.24. The first-order valence-electron chi connectivity index (χ1n) is 5.03. The Bertz CT molecular complexity index is 155. The van der Waals surface area contributed by atoms with Crippen LogP contribution in [-0.2, 0) is 15.5 Å². The predicted molar refractivity (Wildman–Crippen MR) is 52.5 cm³/mol. The molecule has 1 aliphatic rings. The number of hydrogen-bond donors (Lipinski definition) is 1. The van der Waals surface area contributed by atoms with E-state index in [0.29, 0.717) is 6.61 Å². The molecule has 0 aromatic rings. The molecule has 0 saturated heterocycles. The lowest BCUT2D eigenvalue weighted by atomic mass is 9.86. The topological polar surface area (TPSA) is 46.5 Å². The summed E-state index contributed by atoms with van der Waals surface area (Å²) in [6.45, 7) is 0.416. The molecule has 1 saturated carbocycles. The molecule has 78 valence electrons. The molecular formula is C9H18O3S. The van der Waals surface area contributed by atoms with Crippen LogP contribution < -0.4 is 0 Å². The van der Waals surface area contributed by atoms with Gasteiger partial charge in [0.15, 0.2) is 0 Å². The predicted octanol–water partition coefficient (Wildman–Crippen LogP) is 2.50. The van der Waals surface area contributed by atoms with Crippen molar-refractivity contribution in [1.29, 1.82) is 0 Å². The average molecular weight is 206 g/mol. The lowest BCUT2D eigenvalue weighted by molar-refractivity contribution is 0.266. The van der Waals surface area contributed by atoms with Gasteiger partial charge >= 0.3 is 11.4 Å². The van der Waals surface area contributed by atoms with E-state index < -0.39 is 11.4 Å². The highest BCUT2D eigenvalue weighted by Crippen LogP contribution is 2.27. The summed E-state index contributed by atoms with van der Waals surface area (Å²) in [7, 11) is 0. The molecule has 0 amide bonds. The molecule has 4 heteroatoms. The Labute approximate surface area is 82.4 Å². The molecule has 0 spiro atoms. The van der Waals surface area contributed by atoms with Crippen molar-refractivity contribution < 1.29 is 12.9 Å². The third-order valence-corrected chi connectivity index (χ3v) is 3.03. The molecule has 0 heterocycles. The molecule has 1 atom stereocenters. The fourth-order valence-electron chi connectivity index (χ4n) is 1.98. The second-order valence-corrected chi connectivity index (χ2v) is 4.36. The summed E-state index contributed by atoms with van der Waals surface area (Å²) in [6.07, 6.45) is 8.83. The second kappa shape index (κ2) is 6.51. The molecule has 0 aromatic carbocycles. The van der Waals surface area contributed by atoms with Gasteiger partial charge < -0.3 is 0 Å². The highest BCUT2D eigenvalue weighted by molar-refractivity contribution is 7.74. The molecule has 0 radical (unpaired) electrons. The molecular weight excluding hydrogens is 188 g/mol. The van der Waals surface area contributed by atoms with E-state index in [0.717, 1.165) is 18.8 Å². The standard InChI is InChI=1S/C9H18O3S/c10-13(11)12-8-4-7-9-5-2-1-3-6-9/h9H,1-8H2,(H,10,11). The van der Waals surface area contributed by atoms with Gasteiger partial charge in [-0.2, -0.15) is 4.21 Å². The Kier molecular flexibility index (Phi) is 5.58. The van der Waals surface area contributed by atoms with Crippen LogP contribution >= 0.6 is 0 Å². The van der Waals surface area contributed by atoms with E-state index in [1.807, 2.05) is 0 Å². The maximum Gasteiger partial charge on any atom is 0.301 e. The smallest absolute Gasteiger partial charge is 0.284 e. The van der Waals surface area contributed by atoms with Gasteiger partial charge in [-0.15, -0.1) is 0 Å². The second-order valence-electron chi connectivity index (χ2n) is 3.69. The van der Waals surface area contributed by atoms with Crippen molar-refractivity contribution in [3.05, 3.63) is 0 Å². The van der Waals surface area contributed by atoms with Gasteiger partial charge in [0.05, 0.1) is 6.61 Å². The van der Waals surface area contributed by atoms with Gasteiger partial charge in [0.2, 0.25) is 0 Å². The SMILES string of the molecule is O=S(O)OCCCC1CCCCC1. The summed E-state index contributed by atoms with van der Waals surface area (Å²) in [5, 5.41) is 0. The van der Waals surface area contributed by atoms with Crippen molar-refractivity contribution in [3.63, 3.8) is 0 Å². The minimum absolute atomic E-state index is 0.416.